The Morgan fingerprint density at radius 2 is 2.11 bits per heavy atom. The number of aromatic nitrogens is 2. The summed E-state index contributed by atoms with van der Waals surface area (Å²) in [6.45, 7) is 0. The molecular weight excluding hydrogens is 343 g/mol. The van der Waals surface area contributed by atoms with E-state index in [0.717, 1.165) is 9.26 Å². The molecule has 2 aromatic rings. The van der Waals surface area contributed by atoms with Gasteiger partial charge in [-0.05, 0) is 46.9 Å². The van der Waals surface area contributed by atoms with Gasteiger partial charge in [0, 0.05) is 29.5 Å². The van der Waals surface area contributed by atoms with E-state index < -0.39 is 0 Å². The van der Waals surface area contributed by atoms with Gasteiger partial charge in [-0.15, -0.1) is 0 Å². The van der Waals surface area contributed by atoms with Crippen LogP contribution in [0.4, 0.5) is 5.69 Å². The van der Waals surface area contributed by atoms with Crippen LogP contribution < -0.4 is 5.73 Å². The topological polar surface area (TPSA) is 64.2 Å². The molecule has 0 aliphatic rings. The van der Waals surface area contributed by atoms with Crippen molar-refractivity contribution in [2.45, 2.75) is 0 Å². The van der Waals surface area contributed by atoms with E-state index in [9.17, 15) is 4.79 Å². The van der Waals surface area contributed by atoms with Gasteiger partial charge in [-0.2, -0.15) is 5.10 Å². The summed E-state index contributed by atoms with van der Waals surface area (Å²) in [5, 5.41) is 4.27. The Labute approximate surface area is 119 Å². The van der Waals surface area contributed by atoms with Crippen molar-refractivity contribution >= 4 is 34.2 Å². The van der Waals surface area contributed by atoms with E-state index in [2.05, 4.69) is 27.7 Å². The van der Waals surface area contributed by atoms with Gasteiger partial charge in [-0.25, -0.2) is 4.68 Å². The second kappa shape index (κ2) is 4.97. The molecule has 0 radical (unpaired) electrons. The third kappa shape index (κ3) is 2.47. The number of halogens is 1. The number of amides is 1. The molecule has 0 atom stereocenters. The number of anilines is 1. The largest absolute Gasteiger partial charge is 0.399 e. The number of nitrogens with two attached hydrogens (primary N) is 1. The number of benzene rings is 1. The van der Waals surface area contributed by atoms with E-state index in [1.165, 1.54) is 4.90 Å². The Kier molecular flexibility index (Phi) is 3.55. The van der Waals surface area contributed by atoms with Crippen LogP contribution in [0.2, 0.25) is 0 Å². The molecule has 94 valence electrons. The number of carbonyl (C=O) groups is 1. The molecule has 0 saturated carbocycles. The third-order valence-electron chi connectivity index (χ3n) is 2.43. The van der Waals surface area contributed by atoms with Gasteiger partial charge in [0.2, 0.25) is 0 Å². The maximum atomic E-state index is 11.8. The van der Waals surface area contributed by atoms with E-state index >= 15 is 0 Å². The minimum absolute atomic E-state index is 0.112. The first-order chi connectivity index (χ1) is 8.49. The summed E-state index contributed by atoms with van der Waals surface area (Å²) in [4.78, 5) is 13.3. The lowest BCUT2D eigenvalue weighted by Gasteiger charge is -2.08. The van der Waals surface area contributed by atoms with Crippen LogP contribution in [0, 0.1) is 3.57 Å². The molecular formula is C12H13IN4O. The lowest BCUT2D eigenvalue weighted by molar-refractivity contribution is 0.0821. The predicted octanol–water partition coefficient (Wildman–Crippen LogP) is 1.76. The fraction of sp³-hybridized carbons (Fsp3) is 0.167. The van der Waals surface area contributed by atoms with Gasteiger partial charge in [0.1, 0.15) is 0 Å². The van der Waals surface area contributed by atoms with Crippen LogP contribution in [0.5, 0.6) is 0 Å². The van der Waals surface area contributed by atoms with Crippen molar-refractivity contribution in [2.24, 2.45) is 0 Å². The Morgan fingerprint density at radius 3 is 2.72 bits per heavy atom. The summed E-state index contributed by atoms with van der Waals surface area (Å²) in [7, 11) is 3.41. The van der Waals surface area contributed by atoms with Crippen molar-refractivity contribution < 1.29 is 4.79 Å². The van der Waals surface area contributed by atoms with Crippen molar-refractivity contribution in [3.8, 4) is 5.69 Å². The number of hydrogen-bond donors (Lipinski definition) is 1. The highest BCUT2D eigenvalue weighted by molar-refractivity contribution is 14.1. The van der Waals surface area contributed by atoms with Crippen molar-refractivity contribution in [3.05, 3.63) is 39.7 Å². The van der Waals surface area contributed by atoms with E-state index in [-0.39, 0.29) is 5.91 Å². The normalized spacial score (nSPS) is 10.4. The summed E-state index contributed by atoms with van der Waals surface area (Å²) in [6, 6.07) is 7.26. The Bertz CT molecular complexity index is 592. The Balaban J connectivity index is 2.38. The molecule has 1 aromatic heterocycles. The van der Waals surface area contributed by atoms with Gasteiger partial charge in [-0.1, -0.05) is 0 Å². The average Bonchev–Trinajstić information content (AvgIpc) is 2.77. The SMILES string of the molecule is CN(C)C(=O)c1ccn(-c2ccc(N)cc2I)n1. The van der Waals surface area contributed by atoms with Crippen molar-refractivity contribution in [3.63, 3.8) is 0 Å². The maximum Gasteiger partial charge on any atom is 0.273 e. The van der Waals surface area contributed by atoms with E-state index in [0.29, 0.717) is 11.4 Å². The van der Waals surface area contributed by atoms with Gasteiger partial charge in [-0.3, -0.25) is 4.79 Å². The van der Waals surface area contributed by atoms with E-state index in [1.54, 1.807) is 31.0 Å². The average molecular weight is 356 g/mol. The lowest BCUT2D eigenvalue weighted by Crippen LogP contribution is -2.22. The summed E-state index contributed by atoms with van der Waals surface area (Å²) in [6.07, 6.45) is 1.77. The van der Waals surface area contributed by atoms with Crippen LogP contribution in [-0.2, 0) is 0 Å². The van der Waals surface area contributed by atoms with Crippen molar-refractivity contribution in [2.75, 3.05) is 19.8 Å². The zero-order chi connectivity index (χ0) is 13.3. The highest BCUT2D eigenvalue weighted by Crippen LogP contribution is 2.19. The highest BCUT2D eigenvalue weighted by Gasteiger charge is 2.12. The van der Waals surface area contributed by atoms with Crippen LogP contribution in [0.1, 0.15) is 10.5 Å². The van der Waals surface area contributed by atoms with Crippen molar-refractivity contribution in [1.29, 1.82) is 0 Å². The molecule has 18 heavy (non-hydrogen) atoms. The van der Waals surface area contributed by atoms with Gasteiger partial charge >= 0.3 is 0 Å². The number of nitrogens with zero attached hydrogens (tertiary/aromatic N) is 3. The van der Waals surface area contributed by atoms with Crippen LogP contribution >= 0.6 is 22.6 Å². The molecule has 0 aliphatic heterocycles. The molecule has 1 aromatic carbocycles. The fourth-order valence-corrected chi connectivity index (χ4v) is 2.30. The number of hydrogen-bond acceptors (Lipinski definition) is 3. The second-order valence-electron chi connectivity index (χ2n) is 4.06. The number of carbonyl (C=O) groups excluding carboxylic acids is 1. The molecule has 2 rings (SSSR count). The fourth-order valence-electron chi connectivity index (χ4n) is 1.51. The molecule has 5 nitrogen and oxygen atoms in total. The van der Waals surface area contributed by atoms with Gasteiger partial charge < -0.3 is 10.6 Å². The molecule has 0 saturated heterocycles. The van der Waals surface area contributed by atoms with Crippen LogP contribution in [0.3, 0.4) is 0 Å². The van der Waals surface area contributed by atoms with Crippen molar-refractivity contribution in [1.82, 2.24) is 14.7 Å². The summed E-state index contributed by atoms with van der Waals surface area (Å²) >= 11 is 2.19. The number of nitrogen functional groups attached to an aromatic ring is 1. The minimum atomic E-state index is -0.112. The zero-order valence-corrected chi connectivity index (χ0v) is 12.2. The van der Waals surface area contributed by atoms with E-state index in [1.807, 2.05) is 18.2 Å². The van der Waals surface area contributed by atoms with E-state index in [4.69, 9.17) is 5.73 Å². The first-order valence-electron chi connectivity index (χ1n) is 5.32. The molecule has 0 fully saturated rings. The van der Waals surface area contributed by atoms with Crippen LogP contribution in [0.15, 0.2) is 30.5 Å². The van der Waals surface area contributed by atoms with Crippen LogP contribution in [0.25, 0.3) is 5.69 Å². The van der Waals surface area contributed by atoms with Gasteiger partial charge in [0.25, 0.3) is 5.91 Å². The highest BCUT2D eigenvalue weighted by atomic mass is 127. The first kappa shape index (κ1) is 12.9. The molecule has 6 heteroatoms. The molecule has 0 spiro atoms. The Morgan fingerprint density at radius 1 is 1.39 bits per heavy atom. The standard InChI is InChI=1S/C12H13IN4O/c1-16(2)12(18)10-5-6-17(15-10)11-4-3-8(14)7-9(11)13/h3-7H,14H2,1-2H3. The molecule has 1 heterocycles. The smallest absolute Gasteiger partial charge is 0.273 e. The second-order valence-corrected chi connectivity index (χ2v) is 5.22. The zero-order valence-electron chi connectivity index (χ0n) is 10.1. The van der Waals surface area contributed by atoms with Crippen LogP contribution in [-0.4, -0.2) is 34.7 Å². The lowest BCUT2D eigenvalue weighted by atomic mass is 10.3. The summed E-state index contributed by atoms with van der Waals surface area (Å²) < 4.78 is 2.66. The molecule has 0 bridgehead atoms. The molecule has 0 aliphatic carbocycles. The van der Waals surface area contributed by atoms with Gasteiger partial charge in [0.05, 0.1) is 5.69 Å². The minimum Gasteiger partial charge on any atom is -0.399 e. The molecule has 0 unspecified atom stereocenters. The monoisotopic (exact) mass is 356 g/mol. The maximum absolute atomic E-state index is 11.8. The number of rotatable bonds is 2. The molecule has 1 amide bonds. The predicted molar refractivity (Wildman–Crippen MR) is 78.7 cm³/mol. The summed E-state index contributed by atoms with van der Waals surface area (Å²) in [5.41, 5.74) is 7.74. The summed E-state index contributed by atoms with van der Waals surface area (Å²) in [5.74, 6) is -0.112. The Hall–Kier alpha value is -1.57. The first-order valence-corrected chi connectivity index (χ1v) is 6.39. The third-order valence-corrected chi connectivity index (χ3v) is 3.30. The quantitative estimate of drug-likeness (QED) is 0.659. The molecule has 2 N–H and O–H groups in total. The van der Waals surface area contributed by atoms with Gasteiger partial charge in [0.15, 0.2) is 5.69 Å².